The highest BCUT2D eigenvalue weighted by Gasteiger charge is 2.22. The number of anilines is 1. The topological polar surface area (TPSA) is 144 Å². The molecular weight excluding hydrogens is 498 g/mol. The maximum Gasteiger partial charge on any atom is 0.290 e. The number of aromatic nitrogens is 3. The van der Waals surface area contributed by atoms with E-state index in [1.807, 2.05) is 43.6 Å². The summed E-state index contributed by atoms with van der Waals surface area (Å²) in [5.41, 5.74) is 6.61. The minimum atomic E-state index is -0.285. The van der Waals surface area contributed by atoms with Crippen molar-refractivity contribution in [1.82, 2.24) is 24.8 Å². The molecule has 0 unspecified atom stereocenters. The molecule has 39 heavy (non-hydrogen) atoms. The Balaban J connectivity index is 0.000000983. The van der Waals surface area contributed by atoms with Crippen molar-refractivity contribution in [3.05, 3.63) is 77.4 Å². The number of piperazine rings is 1. The van der Waals surface area contributed by atoms with E-state index in [1.54, 1.807) is 23.4 Å². The highest BCUT2D eigenvalue weighted by Crippen LogP contribution is 2.34. The normalized spacial score (nSPS) is 14.6. The van der Waals surface area contributed by atoms with Crippen molar-refractivity contribution in [1.29, 1.82) is 0 Å². The first-order chi connectivity index (χ1) is 19.0. The second-order valence-electron chi connectivity index (χ2n) is 9.26. The van der Waals surface area contributed by atoms with E-state index >= 15 is 0 Å². The van der Waals surface area contributed by atoms with E-state index < -0.39 is 0 Å². The van der Waals surface area contributed by atoms with Crippen LogP contribution in [-0.2, 0) is 22.7 Å². The largest absolute Gasteiger partial charge is 0.483 e. The standard InChI is InChI=1S/C27H25N7O2.CH2O2/c1-33-9-10-34(16-25(33)35)15-19-3-2-4-23(31-19)27(36)32-24-12-17(11-18-13-28-14-22(18)24)20-5-7-29-26-21(20)6-8-30-26;2-1-3/h2-8,11-12,14H,9-10,13,15-16H2,1H3,(H,29,30)(H,32,36);1H,(H,2,3). The monoisotopic (exact) mass is 525 g/mol. The third kappa shape index (κ3) is 5.53. The minimum Gasteiger partial charge on any atom is -0.483 e. The fraction of sp³-hybridized carbons (Fsp3) is 0.214. The number of aromatic amines is 1. The van der Waals surface area contributed by atoms with E-state index in [4.69, 9.17) is 9.90 Å². The molecular formula is C28H27N7O4. The maximum absolute atomic E-state index is 13.3. The summed E-state index contributed by atoms with van der Waals surface area (Å²) in [7, 11) is 1.81. The second kappa shape index (κ2) is 11.2. The maximum atomic E-state index is 13.3. The van der Waals surface area contributed by atoms with E-state index in [1.165, 1.54) is 0 Å². The van der Waals surface area contributed by atoms with Crippen LogP contribution >= 0.6 is 0 Å². The lowest BCUT2D eigenvalue weighted by Gasteiger charge is -2.31. The van der Waals surface area contributed by atoms with Gasteiger partial charge in [-0.15, -0.1) is 0 Å². The number of H-pyrrole nitrogens is 1. The molecule has 1 saturated heterocycles. The number of carbonyl (C=O) groups is 3. The van der Waals surface area contributed by atoms with Gasteiger partial charge in [-0.25, -0.2) is 9.97 Å². The van der Waals surface area contributed by atoms with Crippen LogP contribution in [0.3, 0.4) is 0 Å². The first-order valence-corrected chi connectivity index (χ1v) is 12.4. The Bertz CT molecular complexity index is 1580. The quantitative estimate of drug-likeness (QED) is 0.340. The molecule has 198 valence electrons. The first kappa shape index (κ1) is 25.7. The van der Waals surface area contributed by atoms with Gasteiger partial charge in [-0.3, -0.25) is 24.3 Å². The SMILES string of the molecule is CN1CCN(Cc2cccc(C(=O)Nc3cc(-c4ccnc5[nH]ccc45)cc4c3C=NC4)n2)CC1=O.O=CO. The van der Waals surface area contributed by atoms with Gasteiger partial charge in [0.05, 0.1) is 24.5 Å². The lowest BCUT2D eigenvalue weighted by molar-refractivity contribution is -0.134. The van der Waals surface area contributed by atoms with Crippen LogP contribution in [0, 0.1) is 0 Å². The number of hydrogen-bond donors (Lipinski definition) is 3. The average Bonchev–Trinajstić information content (AvgIpc) is 3.61. The molecule has 3 N–H and O–H groups in total. The predicted molar refractivity (Wildman–Crippen MR) is 147 cm³/mol. The number of pyridine rings is 2. The van der Waals surface area contributed by atoms with Crippen LogP contribution in [0.15, 0.2) is 59.9 Å². The number of nitrogens with one attached hydrogen (secondary N) is 2. The van der Waals surface area contributed by atoms with Gasteiger partial charge in [0.15, 0.2) is 0 Å². The molecule has 0 radical (unpaired) electrons. The Hall–Kier alpha value is -4.90. The average molecular weight is 526 g/mol. The summed E-state index contributed by atoms with van der Waals surface area (Å²) in [5.74, 6) is -0.191. The lowest BCUT2D eigenvalue weighted by Crippen LogP contribution is -2.48. The lowest BCUT2D eigenvalue weighted by atomic mass is 9.97. The summed E-state index contributed by atoms with van der Waals surface area (Å²) in [4.78, 5) is 54.0. The van der Waals surface area contributed by atoms with Crippen molar-refractivity contribution in [3.8, 4) is 11.1 Å². The summed E-state index contributed by atoms with van der Waals surface area (Å²) < 4.78 is 0. The van der Waals surface area contributed by atoms with Crippen LogP contribution in [-0.4, -0.2) is 81.0 Å². The fourth-order valence-corrected chi connectivity index (χ4v) is 4.76. The molecule has 4 aromatic rings. The van der Waals surface area contributed by atoms with Crippen molar-refractivity contribution >= 4 is 41.2 Å². The summed E-state index contributed by atoms with van der Waals surface area (Å²) >= 11 is 0. The predicted octanol–water partition coefficient (Wildman–Crippen LogP) is 2.78. The van der Waals surface area contributed by atoms with Gasteiger partial charge in [-0.1, -0.05) is 6.07 Å². The smallest absolute Gasteiger partial charge is 0.290 e. The Morgan fingerprint density at radius 3 is 2.87 bits per heavy atom. The minimum absolute atomic E-state index is 0.0941. The molecule has 0 atom stereocenters. The molecule has 2 aliphatic heterocycles. The van der Waals surface area contributed by atoms with Gasteiger partial charge in [0.25, 0.3) is 12.4 Å². The third-order valence-corrected chi connectivity index (χ3v) is 6.73. The van der Waals surface area contributed by atoms with E-state index in [2.05, 4.69) is 36.2 Å². The summed E-state index contributed by atoms with van der Waals surface area (Å²) in [6, 6.07) is 13.5. The highest BCUT2D eigenvalue weighted by molar-refractivity contribution is 6.07. The number of fused-ring (bicyclic) bond motifs is 2. The molecule has 3 aromatic heterocycles. The number of likely N-dealkylation sites (N-methyl/N-ethyl adjacent to an activating group) is 1. The zero-order valence-corrected chi connectivity index (χ0v) is 21.3. The zero-order chi connectivity index (χ0) is 27.4. The molecule has 11 heteroatoms. The summed E-state index contributed by atoms with van der Waals surface area (Å²) in [6.45, 7) is 2.67. The molecule has 6 rings (SSSR count). The van der Waals surface area contributed by atoms with E-state index in [0.29, 0.717) is 37.6 Å². The van der Waals surface area contributed by atoms with E-state index in [-0.39, 0.29) is 18.3 Å². The molecule has 11 nitrogen and oxygen atoms in total. The van der Waals surface area contributed by atoms with Crippen molar-refractivity contribution in [2.75, 3.05) is 32.0 Å². The number of amides is 2. The Labute approximate surface area is 224 Å². The number of carbonyl (C=O) groups excluding carboxylic acids is 2. The molecule has 0 bridgehead atoms. The molecule has 1 aromatic carbocycles. The number of rotatable bonds is 5. The van der Waals surface area contributed by atoms with Crippen molar-refractivity contribution in [2.45, 2.75) is 13.1 Å². The van der Waals surface area contributed by atoms with Gasteiger partial charge in [0, 0.05) is 56.2 Å². The van der Waals surface area contributed by atoms with Crippen molar-refractivity contribution in [3.63, 3.8) is 0 Å². The second-order valence-corrected chi connectivity index (χ2v) is 9.26. The molecule has 2 aliphatic rings. The van der Waals surface area contributed by atoms with Crippen LogP contribution in [0.5, 0.6) is 0 Å². The summed E-state index contributed by atoms with van der Waals surface area (Å²) in [5, 5.41) is 11.0. The van der Waals surface area contributed by atoms with Crippen LogP contribution in [0.25, 0.3) is 22.2 Å². The van der Waals surface area contributed by atoms with Crippen LogP contribution in [0.1, 0.15) is 27.3 Å². The third-order valence-electron chi connectivity index (χ3n) is 6.73. The number of benzene rings is 1. The number of nitrogens with zero attached hydrogens (tertiary/aromatic N) is 5. The summed E-state index contributed by atoms with van der Waals surface area (Å²) in [6.07, 6.45) is 5.46. The van der Waals surface area contributed by atoms with E-state index in [9.17, 15) is 9.59 Å². The zero-order valence-electron chi connectivity index (χ0n) is 21.3. The molecule has 2 amide bonds. The van der Waals surface area contributed by atoms with Crippen LogP contribution in [0.2, 0.25) is 0 Å². The Kier molecular flexibility index (Phi) is 7.41. The fourth-order valence-electron chi connectivity index (χ4n) is 4.76. The Morgan fingerprint density at radius 2 is 2.05 bits per heavy atom. The van der Waals surface area contributed by atoms with Gasteiger partial charge in [0.2, 0.25) is 5.91 Å². The first-order valence-electron chi connectivity index (χ1n) is 12.4. The number of aliphatic imine (C=N–C) groups is 1. The van der Waals surface area contributed by atoms with Gasteiger partial charge in [0.1, 0.15) is 11.3 Å². The highest BCUT2D eigenvalue weighted by atomic mass is 16.3. The molecule has 1 fully saturated rings. The Morgan fingerprint density at radius 1 is 1.21 bits per heavy atom. The molecule has 0 aliphatic carbocycles. The van der Waals surface area contributed by atoms with Crippen LogP contribution in [0.4, 0.5) is 5.69 Å². The number of hydrogen-bond acceptors (Lipinski definition) is 7. The van der Waals surface area contributed by atoms with Gasteiger partial charge >= 0.3 is 0 Å². The van der Waals surface area contributed by atoms with Gasteiger partial charge in [-0.05, 0) is 53.1 Å². The molecule has 5 heterocycles. The van der Waals surface area contributed by atoms with Crippen molar-refractivity contribution in [2.24, 2.45) is 4.99 Å². The van der Waals surface area contributed by atoms with Gasteiger partial charge in [-0.2, -0.15) is 0 Å². The van der Waals surface area contributed by atoms with Crippen molar-refractivity contribution < 1.29 is 19.5 Å². The number of carboxylic acid groups (broad SMARTS) is 1. The molecule has 0 spiro atoms. The van der Waals surface area contributed by atoms with Crippen LogP contribution < -0.4 is 5.32 Å². The molecule has 0 saturated carbocycles. The van der Waals surface area contributed by atoms with E-state index in [0.717, 1.165) is 45.5 Å². The van der Waals surface area contributed by atoms with Gasteiger partial charge < -0.3 is 20.3 Å².